The number of amides is 1. The number of carbonyl (C=O) groups excluding carboxylic acids is 1. The quantitative estimate of drug-likeness (QED) is 0.371. The maximum atomic E-state index is 13.0. The van der Waals surface area contributed by atoms with Crippen LogP contribution in [-0.4, -0.2) is 47.3 Å². The van der Waals surface area contributed by atoms with Crippen LogP contribution in [-0.2, 0) is 11.3 Å². The summed E-state index contributed by atoms with van der Waals surface area (Å²) in [5.41, 5.74) is 1.67. The zero-order valence-electron chi connectivity index (χ0n) is 19.3. The second-order valence-electron chi connectivity index (χ2n) is 8.10. The molecule has 1 fully saturated rings. The van der Waals surface area contributed by atoms with Crippen molar-refractivity contribution < 1.29 is 41.4 Å². The highest BCUT2D eigenvalue weighted by Crippen LogP contribution is 2.30. The molecule has 0 radical (unpaired) electrons. The number of piperidine rings is 1. The number of aliphatic carboxylic acids is 1. The van der Waals surface area contributed by atoms with Crippen molar-refractivity contribution in [2.24, 2.45) is 0 Å². The Balaban J connectivity index is 0.000000479. The van der Waals surface area contributed by atoms with Crippen LogP contribution < -0.4 is 10.1 Å². The number of carbonyl (C=O) groups is 2. The maximum absolute atomic E-state index is 13.0. The predicted molar refractivity (Wildman–Crippen MR) is 127 cm³/mol. The minimum atomic E-state index is -5.08. The predicted octanol–water partition coefficient (Wildman–Crippen LogP) is 6.00. The summed E-state index contributed by atoms with van der Waals surface area (Å²) in [7, 11) is 0. The summed E-state index contributed by atoms with van der Waals surface area (Å²) in [4.78, 5) is 23.3. The standard InChI is InChI=1S/C23H22ClFN2O3.C2HF3O2/c24-20-14-18(26-23(28)22-2-1-13-29-22)7-8-21(20)30-19-9-11-27(12-10-19)15-16-3-5-17(25)6-4-16;3-2(4,5)1(6)7/h1-8,13-14,19H,9-12,15H2,(H,26,28);(H,6,7). The van der Waals surface area contributed by atoms with Gasteiger partial charge in [0.05, 0.1) is 11.3 Å². The molecule has 1 aromatic heterocycles. The molecule has 0 bridgehead atoms. The highest BCUT2D eigenvalue weighted by atomic mass is 35.5. The number of halogens is 5. The minimum Gasteiger partial charge on any atom is -0.489 e. The van der Waals surface area contributed by atoms with Gasteiger partial charge < -0.3 is 19.6 Å². The molecule has 3 aromatic rings. The fraction of sp³-hybridized carbons (Fsp3) is 0.280. The molecular weight excluding hydrogens is 520 g/mol. The Bertz CT molecular complexity index is 1180. The van der Waals surface area contributed by atoms with Gasteiger partial charge in [-0.1, -0.05) is 23.7 Å². The van der Waals surface area contributed by atoms with Crippen LogP contribution in [0.2, 0.25) is 5.02 Å². The van der Waals surface area contributed by atoms with Crippen LogP contribution in [0, 0.1) is 5.82 Å². The van der Waals surface area contributed by atoms with Crippen LogP contribution in [0.5, 0.6) is 5.75 Å². The summed E-state index contributed by atoms with van der Waals surface area (Å²) in [6.07, 6.45) is -1.79. The van der Waals surface area contributed by atoms with Gasteiger partial charge in [-0.3, -0.25) is 9.69 Å². The summed E-state index contributed by atoms with van der Waals surface area (Å²) < 4.78 is 56.0. The molecule has 1 aliphatic heterocycles. The van der Waals surface area contributed by atoms with Gasteiger partial charge in [-0.15, -0.1) is 0 Å². The topological polar surface area (TPSA) is 92.0 Å². The van der Waals surface area contributed by atoms with Crippen molar-refractivity contribution in [3.8, 4) is 5.75 Å². The molecule has 37 heavy (non-hydrogen) atoms. The average molecular weight is 543 g/mol. The van der Waals surface area contributed by atoms with E-state index in [9.17, 15) is 22.4 Å². The van der Waals surface area contributed by atoms with Crippen molar-refractivity contribution in [2.45, 2.75) is 31.7 Å². The van der Waals surface area contributed by atoms with Crippen LogP contribution in [0.15, 0.2) is 65.3 Å². The lowest BCUT2D eigenvalue weighted by Gasteiger charge is -2.32. The van der Waals surface area contributed by atoms with Crippen LogP contribution in [0.4, 0.5) is 23.2 Å². The number of ether oxygens (including phenoxy) is 1. The average Bonchev–Trinajstić information content (AvgIpc) is 3.39. The molecule has 1 saturated heterocycles. The second kappa shape index (κ2) is 12.6. The first-order valence-electron chi connectivity index (χ1n) is 11.1. The SMILES string of the molecule is O=C(Nc1ccc(OC2CCN(Cc3ccc(F)cc3)CC2)c(Cl)c1)c1ccco1.O=C(O)C(F)(F)F. The number of carboxylic acid groups (broad SMARTS) is 1. The monoisotopic (exact) mass is 542 g/mol. The Morgan fingerprint density at radius 2 is 1.76 bits per heavy atom. The fourth-order valence-corrected chi connectivity index (χ4v) is 3.71. The van der Waals surface area contributed by atoms with Crippen molar-refractivity contribution in [2.75, 3.05) is 18.4 Å². The van der Waals surface area contributed by atoms with Crippen molar-refractivity contribution >= 4 is 29.2 Å². The normalized spacial score (nSPS) is 14.4. The summed E-state index contributed by atoms with van der Waals surface area (Å²) in [5.74, 6) is -2.47. The van der Waals surface area contributed by atoms with Gasteiger partial charge in [0.25, 0.3) is 5.91 Å². The molecule has 4 rings (SSSR count). The number of nitrogens with one attached hydrogen (secondary N) is 1. The number of benzene rings is 2. The zero-order valence-corrected chi connectivity index (χ0v) is 20.1. The van der Waals surface area contributed by atoms with E-state index in [1.807, 2.05) is 12.1 Å². The molecule has 198 valence electrons. The smallest absolute Gasteiger partial charge is 0.489 e. The van der Waals surface area contributed by atoms with Gasteiger partial charge in [0.2, 0.25) is 0 Å². The van der Waals surface area contributed by atoms with Gasteiger partial charge in [-0.2, -0.15) is 13.2 Å². The first-order valence-corrected chi connectivity index (χ1v) is 11.5. The van der Waals surface area contributed by atoms with Crippen LogP contribution >= 0.6 is 11.6 Å². The molecular formula is C25H23ClF4N2O5. The third kappa shape index (κ3) is 8.80. The first kappa shape index (κ1) is 28.0. The highest BCUT2D eigenvalue weighted by Gasteiger charge is 2.38. The molecule has 0 unspecified atom stereocenters. The molecule has 2 aromatic carbocycles. The summed E-state index contributed by atoms with van der Waals surface area (Å²) >= 11 is 6.36. The van der Waals surface area contributed by atoms with Crippen LogP contribution in [0.3, 0.4) is 0 Å². The number of rotatable bonds is 6. The molecule has 0 atom stereocenters. The Kier molecular flexibility index (Phi) is 9.54. The largest absolute Gasteiger partial charge is 0.490 e. The number of hydrogen-bond donors (Lipinski definition) is 2. The number of anilines is 1. The van der Waals surface area contributed by atoms with E-state index in [0.29, 0.717) is 16.5 Å². The van der Waals surface area contributed by atoms with E-state index in [4.69, 9.17) is 30.7 Å². The number of hydrogen-bond acceptors (Lipinski definition) is 5. The molecule has 1 amide bonds. The molecule has 2 N–H and O–H groups in total. The third-order valence-electron chi connectivity index (χ3n) is 5.32. The molecule has 7 nitrogen and oxygen atoms in total. The molecule has 2 heterocycles. The van der Waals surface area contributed by atoms with Gasteiger partial charge in [-0.25, -0.2) is 9.18 Å². The van der Waals surface area contributed by atoms with E-state index in [1.165, 1.54) is 18.4 Å². The molecule has 12 heteroatoms. The van der Waals surface area contributed by atoms with Crippen molar-refractivity contribution in [1.29, 1.82) is 0 Å². The van der Waals surface area contributed by atoms with Crippen molar-refractivity contribution in [3.05, 3.63) is 83.0 Å². The van der Waals surface area contributed by atoms with Crippen molar-refractivity contribution in [1.82, 2.24) is 4.90 Å². The Morgan fingerprint density at radius 1 is 1.11 bits per heavy atom. The molecule has 0 spiro atoms. The van der Waals surface area contributed by atoms with Crippen LogP contribution in [0.1, 0.15) is 29.0 Å². The van der Waals surface area contributed by atoms with Gasteiger partial charge >= 0.3 is 12.1 Å². The second-order valence-corrected chi connectivity index (χ2v) is 8.51. The summed E-state index contributed by atoms with van der Waals surface area (Å²) in [6.45, 7) is 2.60. The lowest BCUT2D eigenvalue weighted by Crippen LogP contribution is -2.37. The van der Waals surface area contributed by atoms with E-state index in [2.05, 4.69) is 10.2 Å². The maximum Gasteiger partial charge on any atom is 0.490 e. The fourth-order valence-electron chi connectivity index (χ4n) is 3.49. The number of alkyl halides is 3. The van der Waals surface area contributed by atoms with Gasteiger partial charge in [0.1, 0.15) is 17.7 Å². The van der Waals surface area contributed by atoms with E-state index in [-0.39, 0.29) is 23.6 Å². The van der Waals surface area contributed by atoms with Crippen LogP contribution in [0.25, 0.3) is 0 Å². The lowest BCUT2D eigenvalue weighted by molar-refractivity contribution is -0.192. The molecule has 0 saturated carbocycles. The van der Waals surface area contributed by atoms with E-state index in [0.717, 1.165) is 38.0 Å². The third-order valence-corrected chi connectivity index (χ3v) is 5.62. The number of likely N-dealkylation sites (tertiary alicyclic amines) is 1. The zero-order chi connectivity index (χ0) is 27.0. The van der Waals surface area contributed by atoms with Gasteiger partial charge in [0.15, 0.2) is 5.76 Å². The van der Waals surface area contributed by atoms with Gasteiger partial charge in [0, 0.05) is 25.3 Å². The Hall–Kier alpha value is -3.57. The Labute approximate surface area is 214 Å². The van der Waals surface area contributed by atoms with Crippen molar-refractivity contribution in [3.63, 3.8) is 0 Å². The number of furan rings is 1. The lowest BCUT2D eigenvalue weighted by atomic mass is 10.1. The summed E-state index contributed by atoms with van der Waals surface area (Å²) in [5, 5.41) is 10.3. The Morgan fingerprint density at radius 3 is 2.30 bits per heavy atom. The highest BCUT2D eigenvalue weighted by molar-refractivity contribution is 6.32. The molecule has 1 aliphatic rings. The van der Waals surface area contributed by atoms with E-state index in [1.54, 1.807) is 30.3 Å². The minimum absolute atomic E-state index is 0.0792. The van der Waals surface area contributed by atoms with Gasteiger partial charge in [-0.05, 0) is 60.9 Å². The number of carboxylic acids is 1. The first-order chi connectivity index (χ1) is 17.5. The molecule has 0 aliphatic carbocycles. The van der Waals surface area contributed by atoms with E-state index >= 15 is 0 Å². The number of nitrogens with zero attached hydrogens (tertiary/aromatic N) is 1. The van der Waals surface area contributed by atoms with E-state index < -0.39 is 12.1 Å². The summed E-state index contributed by atoms with van der Waals surface area (Å²) in [6, 6.07) is 15.1.